The molecule has 11 nitrogen and oxygen atoms in total. The molecule has 3 aromatic carbocycles. The van der Waals surface area contributed by atoms with Crippen LogP contribution in [-0.4, -0.2) is 48.0 Å². The molecule has 0 bridgehead atoms. The number of ether oxygens (including phenoxy) is 2. The minimum absolute atomic E-state index is 0.0277. The van der Waals surface area contributed by atoms with Crippen LogP contribution in [0.2, 0.25) is 0 Å². The highest BCUT2D eigenvalue weighted by atomic mass is 16.6. The molecule has 0 saturated heterocycles. The summed E-state index contributed by atoms with van der Waals surface area (Å²) in [6.45, 7) is -0.926. The number of imide groups is 1. The van der Waals surface area contributed by atoms with Crippen molar-refractivity contribution in [2.24, 2.45) is 0 Å². The van der Waals surface area contributed by atoms with Crippen molar-refractivity contribution in [1.29, 1.82) is 0 Å². The van der Waals surface area contributed by atoms with Gasteiger partial charge < -0.3 is 9.47 Å². The van der Waals surface area contributed by atoms with Crippen LogP contribution in [0.15, 0.2) is 60.7 Å². The Balaban J connectivity index is 1.53. The van der Waals surface area contributed by atoms with E-state index in [0.717, 1.165) is 12.1 Å². The Kier molecular flexibility index (Phi) is 6.38. The van der Waals surface area contributed by atoms with Gasteiger partial charge in [0.05, 0.1) is 12.0 Å². The van der Waals surface area contributed by atoms with E-state index in [-0.39, 0.29) is 22.3 Å². The predicted molar refractivity (Wildman–Crippen MR) is 122 cm³/mol. The molecule has 4 rings (SSSR count). The highest BCUT2D eigenvalue weighted by molar-refractivity contribution is 6.30. The lowest BCUT2D eigenvalue weighted by Crippen LogP contribution is -2.34. The third-order valence-electron chi connectivity index (χ3n) is 5.41. The van der Waals surface area contributed by atoms with Crippen molar-refractivity contribution in [3.63, 3.8) is 0 Å². The highest BCUT2D eigenvalue weighted by Crippen LogP contribution is 2.35. The van der Waals surface area contributed by atoms with Crippen LogP contribution in [0, 0.1) is 10.1 Å². The number of esters is 1. The van der Waals surface area contributed by atoms with Gasteiger partial charge in [-0.2, -0.15) is 0 Å². The summed E-state index contributed by atoms with van der Waals surface area (Å²) in [4.78, 5) is 73.6. The molecule has 11 heteroatoms. The third kappa shape index (κ3) is 4.32. The number of rotatable bonds is 6. The van der Waals surface area contributed by atoms with E-state index >= 15 is 0 Å². The molecule has 0 heterocycles. The third-order valence-corrected chi connectivity index (χ3v) is 5.41. The zero-order chi connectivity index (χ0) is 26.0. The number of methoxy groups -OCH3 is 1. The zero-order valence-corrected chi connectivity index (χ0v) is 18.6. The van der Waals surface area contributed by atoms with E-state index in [1.165, 1.54) is 49.6 Å². The van der Waals surface area contributed by atoms with Crippen LogP contribution in [0.3, 0.4) is 0 Å². The molecule has 0 saturated carbocycles. The SMILES string of the molecule is COc1ccc(C(=O)NC(=O)COC(=O)c2ccc3c(c2[N+](=O)[O-])C(=O)c2ccccc2C3=O)cc1. The number of fused-ring (bicyclic) bond motifs is 2. The molecule has 1 N–H and O–H groups in total. The summed E-state index contributed by atoms with van der Waals surface area (Å²) in [6, 6.07) is 13.8. The first-order chi connectivity index (χ1) is 17.2. The molecule has 0 fully saturated rings. The number of carbonyl (C=O) groups excluding carboxylic acids is 5. The molecule has 1 aliphatic carbocycles. The van der Waals surface area contributed by atoms with E-state index < -0.39 is 57.7 Å². The van der Waals surface area contributed by atoms with Crippen molar-refractivity contribution < 1.29 is 38.4 Å². The Morgan fingerprint density at radius 2 is 1.53 bits per heavy atom. The molecule has 180 valence electrons. The Labute approximate surface area is 202 Å². The summed E-state index contributed by atoms with van der Waals surface area (Å²) in [5.74, 6) is -3.91. The van der Waals surface area contributed by atoms with Crippen LogP contribution in [0.4, 0.5) is 5.69 Å². The molecule has 0 unspecified atom stereocenters. The lowest BCUT2D eigenvalue weighted by atomic mass is 9.82. The minimum Gasteiger partial charge on any atom is -0.497 e. The second-order valence-corrected chi connectivity index (χ2v) is 7.53. The Bertz CT molecular complexity index is 1460. The number of amides is 2. The van der Waals surface area contributed by atoms with Crippen molar-refractivity contribution in [3.8, 4) is 5.75 Å². The molecule has 0 aliphatic heterocycles. The number of benzene rings is 3. The van der Waals surface area contributed by atoms with Crippen molar-refractivity contribution in [1.82, 2.24) is 5.32 Å². The summed E-state index contributed by atoms with van der Waals surface area (Å²) in [5, 5.41) is 13.9. The summed E-state index contributed by atoms with van der Waals surface area (Å²) in [5.41, 5.74) is -2.06. The summed E-state index contributed by atoms with van der Waals surface area (Å²) < 4.78 is 9.84. The molecule has 1 aliphatic rings. The number of hydrogen-bond donors (Lipinski definition) is 1. The highest BCUT2D eigenvalue weighted by Gasteiger charge is 2.39. The van der Waals surface area contributed by atoms with Gasteiger partial charge in [-0.25, -0.2) is 4.79 Å². The second-order valence-electron chi connectivity index (χ2n) is 7.53. The Morgan fingerprint density at radius 1 is 0.889 bits per heavy atom. The number of ketones is 2. The van der Waals surface area contributed by atoms with Gasteiger partial charge in [0.25, 0.3) is 17.5 Å². The Morgan fingerprint density at radius 3 is 2.14 bits per heavy atom. The predicted octanol–water partition coefficient (Wildman–Crippen LogP) is 2.49. The molecule has 0 radical (unpaired) electrons. The maximum absolute atomic E-state index is 13.0. The van der Waals surface area contributed by atoms with Crippen LogP contribution in [0.1, 0.15) is 52.6 Å². The molecule has 3 aromatic rings. The van der Waals surface area contributed by atoms with Gasteiger partial charge in [-0.3, -0.25) is 34.6 Å². The lowest BCUT2D eigenvalue weighted by Gasteiger charge is -2.18. The number of carbonyl (C=O) groups is 5. The summed E-state index contributed by atoms with van der Waals surface area (Å²) in [7, 11) is 1.45. The fraction of sp³-hybridized carbons (Fsp3) is 0.0800. The molecule has 2 amide bonds. The number of nitrogens with zero attached hydrogens (tertiary/aromatic N) is 1. The molecular formula is C25H16N2O9. The zero-order valence-electron chi connectivity index (χ0n) is 18.6. The Hall–Kier alpha value is -5.19. The van der Waals surface area contributed by atoms with Gasteiger partial charge in [-0.15, -0.1) is 0 Å². The normalized spacial score (nSPS) is 11.7. The molecule has 0 aromatic heterocycles. The van der Waals surface area contributed by atoms with Crippen LogP contribution in [0.5, 0.6) is 5.75 Å². The van der Waals surface area contributed by atoms with E-state index in [9.17, 15) is 34.1 Å². The molecular weight excluding hydrogens is 472 g/mol. The fourth-order valence-corrected chi connectivity index (χ4v) is 3.71. The van der Waals surface area contributed by atoms with Crippen molar-refractivity contribution in [3.05, 3.63) is 104 Å². The lowest BCUT2D eigenvalue weighted by molar-refractivity contribution is -0.385. The smallest absolute Gasteiger partial charge is 0.345 e. The van der Waals surface area contributed by atoms with E-state index in [0.29, 0.717) is 5.75 Å². The van der Waals surface area contributed by atoms with Gasteiger partial charge in [0.1, 0.15) is 16.9 Å². The van der Waals surface area contributed by atoms with E-state index in [4.69, 9.17) is 9.47 Å². The van der Waals surface area contributed by atoms with E-state index in [1.807, 2.05) is 5.32 Å². The molecule has 0 atom stereocenters. The number of nitrogens with one attached hydrogen (secondary N) is 1. The summed E-state index contributed by atoms with van der Waals surface area (Å²) in [6.07, 6.45) is 0. The van der Waals surface area contributed by atoms with Crippen LogP contribution >= 0.6 is 0 Å². The van der Waals surface area contributed by atoms with Crippen molar-refractivity contribution in [2.75, 3.05) is 13.7 Å². The summed E-state index contributed by atoms with van der Waals surface area (Å²) >= 11 is 0. The quantitative estimate of drug-likeness (QED) is 0.244. The van der Waals surface area contributed by atoms with Crippen molar-refractivity contribution >= 4 is 35.0 Å². The minimum atomic E-state index is -1.28. The average molecular weight is 488 g/mol. The first-order valence-corrected chi connectivity index (χ1v) is 10.4. The number of nitro benzene ring substituents is 1. The molecule has 36 heavy (non-hydrogen) atoms. The van der Waals surface area contributed by atoms with Gasteiger partial charge in [0, 0.05) is 22.3 Å². The molecule has 0 spiro atoms. The van der Waals surface area contributed by atoms with Gasteiger partial charge in [0.15, 0.2) is 12.4 Å². The van der Waals surface area contributed by atoms with E-state index in [2.05, 4.69) is 0 Å². The fourth-order valence-electron chi connectivity index (χ4n) is 3.71. The number of nitro groups is 1. The largest absolute Gasteiger partial charge is 0.497 e. The maximum atomic E-state index is 13.0. The first kappa shape index (κ1) is 24.0. The van der Waals surface area contributed by atoms with Gasteiger partial charge in [0.2, 0.25) is 5.78 Å². The monoisotopic (exact) mass is 488 g/mol. The van der Waals surface area contributed by atoms with Crippen LogP contribution in [-0.2, 0) is 9.53 Å². The van der Waals surface area contributed by atoms with Gasteiger partial charge in [-0.05, 0) is 36.4 Å². The second kappa shape index (κ2) is 9.58. The standard InChI is InChI=1S/C25H16N2O9/c1-35-14-8-6-13(7-9-14)24(31)26-19(28)12-36-25(32)18-11-10-17-20(21(18)27(33)34)23(30)16-5-3-2-4-15(16)22(17)29/h2-11H,12H2,1H3,(H,26,28,31). The van der Waals surface area contributed by atoms with Crippen LogP contribution < -0.4 is 10.1 Å². The van der Waals surface area contributed by atoms with E-state index in [1.54, 1.807) is 6.07 Å². The van der Waals surface area contributed by atoms with Crippen molar-refractivity contribution in [2.45, 2.75) is 0 Å². The van der Waals surface area contributed by atoms with Crippen LogP contribution in [0.25, 0.3) is 0 Å². The topological polar surface area (TPSA) is 159 Å². The van der Waals surface area contributed by atoms with Gasteiger partial charge >= 0.3 is 5.97 Å². The number of hydrogen-bond acceptors (Lipinski definition) is 9. The average Bonchev–Trinajstić information content (AvgIpc) is 2.89. The maximum Gasteiger partial charge on any atom is 0.345 e. The first-order valence-electron chi connectivity index (χ1n) is 10.4. The van der Waals surface area contributed by atoms with Gasteiger partial charge in [-0.1, -0.05) is 24.3 Å².